The summed E-state index contributed by atoms with van der Waals surface area (Å²) in [5.41, 5.74) is -0.0936. The largest absolute Gasteiger partial charge is 0.494 e. The summed E-state index contributed by atoms with van der Waals surface area (Å²) in [7, 11) is 0. The highest BCUT2D eigenvalue weighted by molar-refractivity contribution is 5.67. The molecule has 0 aliphatic heterocycles. The van der Waals surface area contributed by atoms with Gasteiger partial charge in [0.15, 0.2) is 0 Å². The van der Waals surface area contributed by atoms with Crippen molar-refractivity contribution >= 4 is 6.09 Å². The van der Waals surface area contributed by atoms with E-state index in [9.17, 15) is 15.0 Å². The van der Waals surface area contributed by atoms with Crippen LogP contribution in [-0.4, -0.2) is 41.2 Å². The third-order valence-electron chi connectivity index (χ3n) is 2.73. The number of carbonyl (C=O) groups is 1. The van der Waals surface area contributed by atoms with Gasteiger partial charge >= 0.3 is 6.09 Å². The maximum atomic E-state index is 11.5. The SMILES string of the molecule is CCOc1cccc(C(O)C(O)CNC(=O)OC(C)(C)C)c1. The van der Waals surface area contributed by atoms with Crippen LogP contribution >= 0.6 is 0 Å². The molecule has 22 heavy (non-hydrogen) atoms. The van der Waals surface area contributed by atoms with Gasteiger partial charge in [0.1, 0.15) is 23.6 Å². The summed E-state index contributed by atoms with van der Waals surface area (Å²) in [6, 6.07) is 6.84. The molecule has 2 unspecified atom stereocenters. The van der Waals surface area contributed by atoms with E-state index in [-0.39, 0.29) is 6.54 Å². The number of alkyl carbamates (subject to hydrolysis) is 1. The van der Waals surface area contributed by atoms with Crippen molar-refractivity contribution < 1.29 is 24.5 Å². The summed E-state index contributed by atoms with van der Waals surface area (Å²) in [6.07, 6.45) is -2.92. The minimum Gasteiger partial charge on any atom is -0.494 e. The summed E-state index contributed by atoms with van der Waals surface area (Å²) >= 11 is 0. The molecule has 0 bridgehead atoms. The van der Waals surface area contributed by atoms with Crippen LogP contribution in [0.4, 0.5) is 4.79 Å². The molecule has 0 fully saturated rings. The maximum absolute atomic E-state index is 11.5. The average molecular weight is 311 g/mol. The van der Waals surface area contributed by atoms with Crippen LogP contribution in [0.1, 0.15) is 39.4 Å². The van der Waals surface area contributed by atoms with E-state index in [1.165, 1.54) is 0 Å². The highest BCUT2D eigenvalue weighted by atomic mass is 16.6. The lowest BCUT2D eigenvalue weighted by atomic mass is 10.0. The smallest absolute Gasteiger partial charge is 0.407 e. The third kappa shape index (κ3) is 6.32. The van der Waals surface area contributed by atoms with Gasteiger partial charge in [-0.25, -0.2) is 4.79 Å². The standard InChI is InChI=1S/C16H25NO5/c1-5-21-12-8-6-7-11(9-12)14(19)13(18)10-17-15(20)22-16(2,3)4/h6-9,13-14,18-19H,5,10H2,1-4H3,(H,17,20). The molecule has 3 N–H and O–H groups in total. The van der Waals surface area contributed by atoms with Crippen LogP contribution in [0.2, 0.25) is 0 Å². The number of rotatable bonds is 6. The molecule has 1 aromatic rings. The molecule has 124 valence electrons. The maximum Gasteiger partial charge on any atom is 0.407 e. The fourth-order valence-electron chi connectivity index (χ4n) is 1.79. The number of ether oxygens (including phenoxy) is 2. The molecule has 0 aliphatic rings. The van der Waals surface area contributed by atoms with Crippen molar-refractivity contribution in [1.82, 2.24) is 5.32 Å². The Hall–Kier alpha value is -1.79. The average Bonchev–Trinajstić information content (AvgIpc) is 2.43. The molecule has 2 atom stereocenters. The fraction of sp³-hybridized carbons (Fsp3) is 0.562. The van der Waals surface area contributed by atoms with E-state index in [4.69, 9.17) is 9.47 Å². The monoisotopic (exact) mass is 311 g/mol. The highest BCUT2D eigenvalue weighted by Crippen LogP contribution is 2.21. The van der Waals surface area contributed by atoms with E-state index in [0.29, 0.717) is 17.9 Å². The van der Waals surface area contributed by atoms with Gasteiger partial charge < -0.3 is 25.0 Å². The Balaban J connectivity index is 2.56. The molecule has 6 heteroatoms. The first-order chi connectivity index (χ1) is 10.2. The number of hydrogen-bond donors (Lipinski definition) is 3. The number of aliphatic hydroxyl groups is 2. The van der Waals surface area contributed by atoms with Gasteiger partial charge in [0.05, 0.1) is 6.61 Å². The summed E-state index contributed by atoms with van der Waals surface area (Å²) in [5, 5.41) is 22.5. The molecule has 1 amide bonds. The molecule has 0 heterocycles. The number of nitrogens with one attached hydrogen (secondary N) is 1. The van der Waals surface area contributed by atoms with Gasteiger partial charge in [0, 0.05) is 6.54 Å². The minimum atomic E-state index is -1.15. The lowest BCUT2D eigenvalue weighted by molar-refractivity contribution is 0.0128. The highest BCUT2D eigenvalue weighted by Gasteiger charge is 2.21. The first-order valence-corrected chi connectivity index (χ1v) is 7.28. The molecule has 0 radical (unpaired) electrons. The third-order valence-corrected chi connectivity index (χ3v) is 2.73. The zero-order chi connectivity index (χ0) is 16.8. The van der Waals surface area contributed by atoms with Crippen molar-refractivity contribution in [3.63, 3.8) is 0 Å². The van der Waals surface area contributed by atoms with Crippen molar-refractivity contribution in [3.05, 3.63) is 29.8 Å². The number of carbonyl (C=O) groups excluding carboxylic acids is 1. The van der Waals surface area contributed by atoms with E-state index < -0.39 is 23.9 Å². The zero-order valence-electron chi connectivity index (χ0n) is 13.5. The summed E-state index contributed by atoms with van der Waals surface area (Å²) < 4.78 is 10.4. The van der Waals surface area contributed by atoms with Gasteiger partial charge in [0.2, 0.25) is 0 Å². The van der Waals surface area contributed by atoms with Crippen LogP contribution in [0.5, 0.6) is 5.75 Å². The van der Waals surface area contributed by atoms with Crippen molar-refractivity contribution in [1.29, 1.82) is 0 Å². The van der Waals surface area contributed by atoms with Crippen molar-refractivity contribution in [2.75, 3.05) is 13.2 Å². The van der Waals surface area contributed by atoms with E-state index in [1.54, 1.807) is 45.0 Å². The lowest BCUT2D eigenvalue weighted by Crippen LogP contribution is -2.38. The minimum absolute atomic E-state index is 0.116. The lowest BCUT2D eigenvalue weighted by Gasteiger charge is -2.22. The Morgan fingerprint density at radius 3 is 2.59 bits per heavy atom. The molecule has 1 aromatic carbocycles. The predicted octanol–water partition coefficient (Wildman–Crippen LogP) is 2.00. The molecule has 0 aromatic heterocycles. The first-order valence-electron chi connectivity index (χ1n) is 7.28. The van der Waals surface area contributed by atoms with Crippen LogP contribution in [0, 0.1) is 0 Å². The summed E-state index contributed by atoms with van der Waals surface area (Å²) in [4.78, 5) is 11.5. The van der Waals surface area contributed by atoms with Crippen molar-refractivity contribution in [2.45, 2.75) is 45.5 Å². The Labute approximate surface area is 131 Å². The van der Waals surface area contributed by atoms with Gasteiger partial charge in [-0.3, -0.25) is 0 Å². The second kappa shape index (κ2) is 8.00. The molecule has 6 nitrogen and oxygen atoms in total. The quantitative estimate of drug-likeness (QED) is 0.748. The fourth-order valence-corrected chi connectivity index (χ4v) is 1.79. The molecule has 0 saturated carbocycles. The van der Waals surface area contributed by atoms with Crippen LogP contribution < -0.4 is 10.1 Å². The second-order valence-electron chi connectivity index (χ2n) is 5.90. The van der Waals surface area contributed by atoms with Crippen LogP contribution in [0.3, 0.4) is 0 Å². The number of hydrogen-bond acceptors (Lipinski definition) is 5. The molecule has 0 saturated heterocycles. The number of aliphatic hydroxyl groups excluding tert-OH is 2. The topological polar surface area (TPSA) is 88.0 Å². The van der Waals surface area contributed by atoms with Crippen molar-refractivity contribution in [3.8, 4) is 5.75 Å². The second-order valence-corrected chi connectivity index (χ2v) is 5.90. The summed E-state index contributed by atoms with van der Waals surface area (Å²) in [5.74, 6) is 0.617. The van der Waals surface area contributed by atoms with Crippen LogP contribution in [-0.2, 0) is 4.74 Å². The van der Waals surface area contributed by atoms with E-state index >= 15 is 0 Å². The molecule has 0 spiro atoms. The Morgan fingerprint density at radius 2 is 2.00 bits per heavy atom. The molecular formula is C16H25NO5. The number of benzene rings is 1. The zero-order valence-corrected chi connectivity index (χ0v) is 13.5. The van der Waals surface area contributed by atoms with E-state index in [1.807, 2.05) is 6.92 Å². The van der Waals surface area contributed by atoms with Gasteiger partial charge in [-0.2, -0.15) is 0 Å². The predicted molar refractivity (Wildman–Crippen MR) is 82.8 cm³/mol. The first kappa shape index (κ1) is 18.3. The molecule has 1 rings (SSSR count). The normalized spacial score (nSPS) is 14.1. The molecule has 0 aliphatic carbocycles. The Morgan fingerprint density at radius 1 is 1.32 bits per heavy atom. The van der Waals surface area contributed by atoms with E-state index in [2.05, 4.69) is 5.32 Å². The molecular weight excluding hydrogens is 286 g/mol. The Kier molecular flexibility index (Phi) is 6.64. The van der Waals surface area contributed by atoms with Crippen molar-refractivity contribution in [2.24, 2.45) is 0 Å². The van der Waals surface area contributed by atoms with Gasteiger partial charge in [-0.05, 0) is 45.4 Å². The Bertz CT molecular complexity index is 484. The van der Waals surface area contributed by atoms with Crippen LogP contribution in [0.15, 0.2) is 24.3 Å². The summed E-state index contributed by atoms with van der Waals surface area (Å²) in [6.45, 7) is 7.51. The van der Waals surface area contributed by atoms with Gasteiger partial charge in [0.25, 0.3) is 0 Å². The van der Waals surface area contributed by atoms with E-state index in [0.717, 1.165) is 0 Å². The van der Waals surface area contributed by atoms with Gasteiger partial charge in [-0.15, -0.1) is 0 Å². The van der Waals surface area contributed by atoms with Gasteiger partial charge in [-0.1, -0.05) is 12.1 Å². The van der Waals surface area contributed by atoms with Crippen LogP contribution in [0.25, 0.3) is 0 Å². The number of amides is 1.